The minimum Gasteiger partial charge on any atom is -0.388 e. The van der Waals surface area contributed by atoms with E-state index in [0.717, 1.165) is 0 Å². The van der Waals surface area contributed by atoms with Crippen LogP contribution in [-0.2, 0) is 4.74 Å². The lowest BCUT2D eigenvalue weighted by atomic mass is 10.0. The molecule has 0 spiro atoms. The molecule has 114 valence electrons. The Labute approximate surface area is 134 Å². The molecule has 0 unspecified atom stereocenters. The molecule has 3 N–H and O–H groups in total. The molecule has 2 heterocycles. The van der Waals surface area contributed by atoms with Crippen LogP contribution < -0.4 is 0 Å². The zero-order valence-electron chi connectivity index (χ0n) is 10.4. The van der Waals surface area contributed by atoms with Gasteiger partial charge in [-0.2, -0.15) is 0 Å². The van der Waals surface area contributed by atoms with Gasteiger partial charge in [-0.25, -0.2) is 4.98 Å². The summed E-state index contributed by atoms with van der Waals surface area (Å²) in [5, 5.41) is 30.0. The Morgan fingerprint density at radius 3 is 2.48 bits per heavy atom. The van der Waals surface area contributed by atoms with Crippen molar-refractivity contribution in [1.29, 1.82) is 0 Å². The molecular weight excluding hydrogens is 343 g/mol. The van der Waals surface area contributed by atoms with E-state index in [-0.39, 0.29) is 11.9 Å². The molecule has 21 heavy (non-hydrogen) atoms. The molecule has 1 fully saturated rings. The number of rotatable bonds is 1. The molecule has 1 aromatic heterocycles. The fraction of sp³-hybridized carbons (Fsp3) is 0.417. The van der Waals surface area contributed by atoms with Crippen molar-refractivity contribution in [2.75, 3.05) is 6.61 Å². The van der Waals surface area contributed by atoms with Gasteiger partial charge in [0.1, 0.15) is 18.3 Å². The summed E-state index contributed by atoms with van der Waals surface area (Å²) in [6, 6.07) is 3.09. The van der Waals surface area contributed by atoms with Gasteiger partial charge in [0.15, 0.2) is 6.23 Å². The number of aliphatic hydroxyl groups is 3. The van der Waals surface area contributed by atoms with Crippen LogP contribution in [-0.4, -0.2) is 49.8 Å². The molecule has 0 bridgehead atoms. The third-order valence-corrected chi connectivity index (χ3v) is 4.41. The van der Waals surface area contributed by atoms with E-state index < -0.39 is 24.5 Å². The number of benzene rings is 1. The second kappa shape index (κ2) is 5.55. The third-order valence-electron chi connectivity index (χ3n) is 3.42. The van der Waals surface area contributed by atoms with Crippen LogP contribution in [0, 0.1) is 0 Å². The average molecular weight is 354 g/mol. The molecule has 2 aromatic rings. The van der Waals surface area contributed by atoms with Crippen molar-refractivity contribution >= 4 is 45.8 Å². The van der Waals surface area contributed by atoms with E-state index in [4.69, 9.17) is 39.5 Å². The van der Waals surface area contributed by atoms with E-state index in [1.165, 1.54) is 4.57 Å². The Morgan fingerprint density at radius 2 is 1.76 bits per heavy atom. The highest BCUT2D eigenvalue weighted by Crippen LogP contribution is 2.34. The van der Waals surface area contributed by atoms with E-state index in [0.29, 0.717) is 21.1 Å². The quantitative estimate of drug-likeness (QED) is 0.725. The van der Waals surface area contributed by atoms with Gasteiger partial charge in [-0.15, -0.1) is 0 Å². The van der Waals surface area contributed by atoms with Crippen molar-refractivity contribution in [2.45, 2.75) is 24.5 Å². The Bertz CT molecular complexity index is 693. The molecule has 3 rings (SSSR count). The SMILES string of the molecule is O[C@H]1[C@H](O)[C@@H](O)CO[C@H]1n1c(Cl)nc2cc(Cl)c(Cl)cc21. The van der Waals surface area contributed by atoms with E-state index in [9.17, 15) is 15.3 Å². The fourth-order valence-corrected chi connectivity index (χ4v) is 2.92. The van der Waals surface area contributed by atoms with Gasteiger partial charge in [0.25, 0.3) is 0 Å². The van der Waals surface area contributed by atoms with Crippen LogP contribution in [0.25, 0.3) is 11.0 Å². The number of halogens is 3. The summed E-state index contributed by atoms with van der Waals surface area (Å²) >= 11 is 18.0. The molecule has 1 saturated heterocycles. The molecule has 0 amide bonds. The predicted octanol–water partition coefficient (Wildman–Crippen LogP) is 1.61. The number of ether oxygens (including phenoxy) is 1. The number of hydrogen-bond donors (Lipinski definition) is 3. The van der Waals surface area contributed by atoms with Crippen molar-refractivity contribution < 1.29 is 20.1 Å². The largest absolute Gasteiger partial charge is 0.388 e. The number of fused-ring (bicyclic) bond motifs is 1. The highest BCUT2D eigenvalue weighted by Gasteiger charge is 2.40. The molecule has 9 heteroatoms. The maximum atomic E-state index is 10.1. The topological polar surface area (TPSA) is 87.7 Å². The lowest BCUT2D eigenvalue weighted by molar-refractivity contribution is -0.209. The first-order valence-corrected chi connectivity index (χ1v) is 7.22. The highest BCUT2D eigenvalue weighted by atomic mass is 35.5. The third kappa shape index (κ3) is 2.51. The first-order chi connectivity index (χ1) is 9.90. The summed E-state index contributed by atoms with van der Waals surface area (Å²) in [6.07, 6.45) is -4.86. The second-order valence-corrected chi connectivity index (χ2v) is 5.93. The van der Waals surface area contributed by atoms with E-state index in [1.54, 1.807) is 12.1 Å². The number of nitrogens with zero attached hydrogens (tertiary/aromatic N) is 2. The van der Waals surface area contributed by atoms with Crippen LogP contribution in [0.3, 0.4) is 0 Å². The maximum Gasteiger partial charge on any atom is 0.206 e. The van der Waals surface area contributed by atoms with Crippen molar-refractivity contribution in [3.05, 3.63) is 27.5 Å². The Kier molecular flexibility index (Phi) is 4.04. The van der Waals surface area contributed by atoms with Crippen LogP contribution >= 0.6 is 34.8 Å². The van der Waals surface area contributed by atoms with Gasteiger partial charge in [-0.3, -0.25) is 4.57 Å². The lowest BCUT2D eigenvalue weighted by Crippen LogP contribution is -2.50. The predicted molar refractivity (Wildman–Crippen MR) is 77.8 cm³/mol. The highest BCUT2D eigenvalue weighted by molar-refractivity contribution is 6.42. The maximum absolute atomic E-state index is 10.1. The van der Waals surface area contributed by atoms with Crippen LogP contribution in [0.1, 0.15) is 6.23 Å². The van der Waals surface area contributed by atoms with Crippen molar-refractivity contribution in [2.24, 2.45) is 0 Å². The standard InChI is InChI=1S/C12H11Cl3N2O4/c13-4-1-6-7(2-5(4)14)17(12(15)16-6)11-10(20)9(19)8(18)3-21-11/h1-2,8-11,18-20H,3H2/t8-,9+,10-,11+/m0/s1. The lowest BCUT2D eigenvalue weighted by Gasteiger charge is -2.36. The average Bonchev–Trinajstić information content (AvgIpc) is 2.73. The molecule has 0 radical (unpaired) electrons. The van der Waals surface area contributed by atoms with E-state index >= 15 is 0 Å². The van der Waals surface area contributed by atoms with Crippen LogP contribution in [0.2, 0.25) is 15.3 Å². The van der Waals surface area contributed by atoms with Gasteiger partial charge in [0, 0.05) is 0 Å². The first kappa shape index (κ1) is 15.3. The van der Waals surface area contributed by atoms with Gasteiger partial charge >= 0.3 is 0 Å². The van der Waals surface area contributed by atoms with Crippen molar-refractivity contribution in [3.8, 4) is 0 Å². The van der Waals surface area contributed by atoms with Crippen molar-refractivity contribution in [3.63, 3.8) is 0 Å². The van der Waals surface area contributed by atoms with Gasteiger partial charge in [-0.05, 0) is 23.7 Å². The summed E-state index contributed by atoms with van der Waals surface area (Å²) in [5.74, 6) is 0. The molecule has 0 saturated carbocycles. The Hall–Kier alpha value is -0.600. The number of aliphatic hydroxyl groups excluding tert-OH is 3. The zero-order valence-corrected chi connectivity index (χ0v) is 12.7. The smallest absolute Gasteiger partial charge is 0.206 e. The molecular formula is C12H11Cl3N2O4. The first-order valence-electron chi connectivity index (χ1n) is 6.08. The Morgan fingerprint density at radius 1 is 1.10 bits per heavy atom. The number of aromatic nitrogens is 2. The minimum absolute atomic E-state index is 0.0518. The molecule has 4 atom stereocenters. The fourth-order valence-electron chi connectivity index (χ4n) is 2.32. The number of imidazole rings is 1. The zero-order chi connectivity index (χ0) is 15.3. The van der Waals surface area contributed by atoms with E-state index in [1.807, 2.05) is 0 Å². The normalized spacial score (nSPS) is 30.0. The summed E-state index contributed by atoms with van der Waals surface area (Å²) in [5.41, 5.74) is 0.979. The molecule has 1 aliphatic heterocycles. The van der Waals surface area contributed by atoms with E-state index in [2.05, 4.69) is 4.98 Å². The van der Waals surface area contributed by atoms with Gasteiger partial charge < -0.3 is 20.1 Å². The molecule has 0 aliphatic carbocycles. The summed E-state index contributed by atoms with van der Waals surface area (Å²) in [4.78, 5) is 4.12. The van der Waals surface area contributed by atoms with Crippen LogP contribution in [0.15, 0.2) is 12.1 Å². The summed E-state index contributed by atoms with van der Waals surface area (Å²) < 4.78 is 6.78. The minimum atomic E-state index is -1.36. The van der Waals surface area contributed by atoms with Crippen molar-refractivity contribution in [1.82, 2.24) is 9.55 Å². The molecule has 1 aliphatic rings. The monoisotopic (exact) mass is 352 g/mol. The molecule has 1 aromatic carbocycles. The Balaban J connectivity index is 2.12. The van der Waals surface area contributed by atoms with Crippen LogP contribution in [0.5, 0.6) is 0 Å². The second-order valence-electron chi connectivity index (χ2n) is 4.78. The molecule has 6 nitrogen and oxygen atoms in total. The summed E-state index contributed by atoms with van der Waals surface area (Å²) in [6.45, 7) is -0.139. The van der Waals surface area contributed by atoms with Crippen LogP contribution in [0.4, 0.5) is 0 Å². The van der Waals surface area contributed by atoms with Gasteiger partial charge in [-0.1, -0.05) is 23.2 Å². The number of hydrogen-bond acceptors (Lipinski definition) is 5. The van der Waals surface area contributed by atoms with Gasteiger partial charge in [0.2, 0.25) is 5.28 Å². The summed E-state index contributed by atoms with van der Waals surface area (Å²) in [7, 11) is 0. The van der Waals surface area contributed by atoms with Gasteiger partial charge in [0.05, 0.1) is 27.7 Å².